The molecule has 0 radical (unpaired) electrons. The van der Waals surface area contributed by atoms with Gasteiger partial charge in [0.2, 0.25) is 0 Å². The Hall–Kier alpha value is -4.57. The van der Waals surface area contributed by atoms with Crippen molar-refractivity contribution in [2.45, 2.75) is 463 Å². The van der Waals surface area contributed by atoms with E-state index in [1.54, 1.807) is 0 Å². The van der Waals surface area contributed by atoms with E-state index in [1.165, 1.54) is 244 Å². The molecule has 5 atom stereocenters. The molecule has 0 fully saturated rings. The van der Waals surface area contributed by atoms with Crippen molar-refractivity contribution in [1.29, 1.82) is 0 Å². The van der Waals surface area contributed by atoms with Gasteiger partial charge in [-0.3, -0.25) is 32.5 Å². The van der Waals surface area contributed by atoms with Gasteiger partial charge in [0, 0.05) is 19.3 Å². The van der Waals surface area contributed by atoms with Crippen molar-refractivity contribution in [3.05, 3.63) is 146 Å². The molecule has 0 aliphatic heterocycles. The maximum absolute atomic E-state index is 13.1. The van der Waals surface area contributed by atoms with E-state index in [0.29, 0.717) is 19.3 Å². The number of esters is 3. The van der Waals surface area contributed by atoms with Crippen LogP contribution in [0.3, 0.4) is 0 Å². The molecule has 0 aromatic heterocycles. The third kappa shape index (κ3) is 97.9. The van der Waals surface area contributed by atoms with Gasteiger partial charge in [-0.05, 0) is 154 Å². The smallest absolute Gasteiger partial charge is 0.463 e. The summed E-state index contributed by atoms with van der Waals surface area (Å²) in [6, 6.07) is 0. The van der Waals surface area contributed by atoms with Gasteiger partial charge in [-0.25, -0.2) is 9.13 Å². The average Bonchev–Trinajstić information content (AvgIpc) is 0.896. The van der Waals surface area contributed by atoms with E-state index >= 15 is 0 Å². The number of hydrogen-bond donors (Lipinski definition) is 4. The van der Waals surface area contributed by atoms with Gasteiger partial charge in [-0.15, -0.1) is 0 Å². The summed E-state index contributed by atoms with van der Waals surface area (Å²) < 4.78 is 61.7. The zero-order valence-electron chi connectivity index (χ0n) is 78.6. The molecule has 0 aliphatic rings. The third-order valence-corrected chi connectivity index (χ3v) is 23.4. The SMILES string of the molecule is CCCCC/C=C\C/C=C\C/C=C\C/C=C\CCCCCCCCCCCCCCCC(=O)OCC(O)COP(=O)(O)OCC(O)COP(=O)(O)OCC(COC(=O)CCCCCCCCCCCCCCC/C=C\C/C=C\C/C=C\C/C=C\CCCCC)OC(=O)CCCCCCCCCCCCCCC/C=C\C/C=C\C/C=C\C/C=C\CCCCC. The van der Waals surface area contributed by atoms with E-state index in [0.717, 1.165) is 141 Å². The number of carbonyl (C=O) groups is 3. The lowest BCUT2D eigenvalue weighted by Crippen LogP contribution is -2.30. The summed E-state index contributed by atoms with van der Waals surface area (Å²) in [6.07, 6.45) is 123. The number of allylic oxidation sites excluding steroid dienone is 24. The lowest BCUT2D eigenvalue weighted by atomic mass is 10.0. The standard InChI is InChI=1S/C105H184O16P2/c1-4-7-10-13-16-19-22-25-28-31-34-37-40-43-46-49-52-55-58-61-64-67-70-73-76-79-82-85-88-91-103(108)115-94-100(106)95-117-122(111,112)118-96-101(107)97-119-123(113,114)120-99-102(121-105(110)93-90-87-84-81-78-75-72-69-66-63-60-57-54-51-48-45-42-39-36-33-30-27-24-21-18-15-12-9-6-3)98-116-104(109)92-89-86-83-80-77-74-71-68-65-62-59-56-53-50-47-44-41-38-35-32-29-26-23-20-17-14-11-8-5-2/h16-21,25-30,34-39,43-48,100-102,106-107H,4-15,22-24,31-33,40-42,49-99H2,1-3H3,(H,111,112)(H,113,114)/b19-16-,20-17-,21-18-,28-25-,29-26-,30-27-,37-34-,38-35-,39-36-,46-43-,47-44-,48-45-. The van der Waals surface area contributed by atoms with Gasteiger partial charge in [0.1, 0.15) is 25.4 Å². The van der Waals surface area contributed by atoms with Gasteiger partial charge >= 0.3 is 33.6 Å². The Morgan fingerprint density at radius 3 is 0.642 bits per heavy atom. The Morgan fingerprint density at radius 1 is 0.228 bits per heavy atom. The third-order valence-electron chi connectivity index (χ3n) is 21.5. The van der Waals surface area contributed by atoms with Crippen LogP contribution in [-0.4, -0.2) is 95.9 Å². The summed E-state index contributed by atoms with van der Waals surface area (Å²) in [5.74, 6) is -1.56. The van der Waals surface area contributed by atoms with Gasteiger partial charge in [-0.2, -0.15) is 0 Å². The molecule has 0 aromatic rings. The van der Waals surface area contributed by atoms with E-state index in [4.69, 9.17) is 32.3 Å². The van der Waals surface area contributed by atoms with Crippen LogP contribution in [0.15, 0.2) is 146 Å². The highest BCUT2D eigenvalue weighted by atomic mass is 31.2. The van der Waals surface area contributed by atoms with Crippen molar-refractivity contribution >= 4 is 33.6 Å². The van der Waals surface area contributed by atoms with E-state index < -0.39 is 91.5 Å². The summed E-state index contributed by atoms with van der Waals surface area (Å²) in [5, 5.41) is 20.8. The first-order valence-electron chi connectivity index (χ1n) is 50.1. The van der Waals surface area contributed by atoms with E-state index in [2.05, 4.69) is 167 Å². The predicted octanol–water partition coefficient (Wildman–Crippen LogP) is 31.5. The first-order valence-corrected chi connectivity index (χ1v) is 53.1. The molecule has 0 rings (SSSR count). The molecule has 0 saturated carbocycles. The number of phosphoric acid groups is 2. The number of carbonyl (C=O) groups excluding carboxylic acids is 3. The second-order valence-electron chi connectivity index (χ2n) is 33.6. The molecule has 4 N–H and O–H groups in total. The topological polar surface area (TPSA) is 231 Å². The number of aliphatic hydroxyl groups is 2. The van der Waals surface area contributed by atoms with E-state index in [9.17, 15) is 43.5 Å². The van der Waals surface area contributed by atoms with Crippen LogP contribution in [0.1, 0.15) is 445 Å². The summed E-state index contributed by atoms with van der Waals surface area (Å²) in [6.45, 7) is 2.68. The maximum Gasteiger partial charge on any atom is 0.472 e. The minimum atomic E-state index is -4.95. The Balaban J connectivity index is 4.65. The minimum Gasteiger partial charge on any atom is -0.463 e. The van der Waals surface area contributed by atoms with Crippen LogP contribution in [0.2, 0.25) is 0 Å². The predicted molar refractivity (Wildman–Crippen MR) is 519 cm³/mol. The monoisotopic (exact) mass is 1760 g/mol. The summed E-state index contributed by atoms with van der Waals surface area (Å²) in [5.41, 5.74) is 0. The van der Waals surface area contributed by atoms with Crippen LogP contribution in [0, 0.1) is 0 Å². The molecule has 123 heavy (non-hydrogen) atoms. The first-order chi connectivity index (χ1) is 60.2. The zero-order chi connectivity index (χ0) is 89.3. The van der Waals surface area contributed by atoms with E-state index in [-0.39, 0.29) is 19.3 Å². The molecule has 0 amide bonds. The molecule has 0 heterocycles. The molecule has 0 bridgehead atoms. The van der Waals surface area contributed by atoms with Crippen LogP contribution in [0.4, 0.5) is 0 Å². The molecule has 18 heteroatoms. The fourth-order valence-corrected chi connectivity index (χ4v) is 15.5. The summed E-state index contributed by atoms with van der Waals surface area (Å²) in [4.78, 5) is 59.2. The van der Waals surface area contributed by atoms with E-state index in [1.807, 2.05) is 0 Å². The van der Waals surface area contributed by atoms with Gasteiger partial charge in [0.25, 0.3) is 0 Å². The van der Waals surface area contributed by atoms with Crippen molar-refractivity contribution < 1.29 is 75.8 Å². The molecule has 5 unspecified atom stereocenters. The van der Waals surface area contributed by atoms with Crippen molar-refractivity contribution in [3.8, 4) is 0 Å². The average molecular weight is 1760 g/mol. The normalized spacial score (nSPS) is 14.3. The summed E-state index contributed by atoms with van der Waals surface area (Å²) >= 11 is 0. The highest BCUT2D eigenvalue weighted by molar-refractivity contribution is 7.47. The maximum atomic E-state index is 13.1. The molecular formula is C105H184O16P2. The Morgan fingerprint density at radius 2 is 0.407 bits per heavy atom. The van der Waals surface area contributed by atoms with Crippen molar-refractivity contribution in [2.75, 3.05) is 39.6 Å². The number of hydrogen-bond acceptors (Lipinski definition) is 14. The fraction of sp³-hybridized carbons (Fsp3) is 0.743. The van der Waals surface area contributed by atoms with Crippen molar-refractivity contribution in [3.63, 3.8) is 0 Å². The first kappa shape index (κ1) is 118. The number of unbranched alkanes of at least 4 members (excludes halogenated alkanes) is 48. The van der Waals surface area contributed by atoms with Crippen LogP contribution in [0.5, 0.6) is 0 Å². The van der Waals surface area contributed by atoms with Crippen LogP contribution < -0.4 is 0 Å². The Kier molecular flexibility index (Phi) is 92.9. The van der Waals surface area contributed by atoms with Crippen LogP contribution in [0.25, 0.3) is 0 Å². The second kappa shape index (κ2) is 96.5. The number of aliphatic hydroxyl groups excluding tert-OH is 2. The van der Waals surface area contributed by atoms with Crippen molar-refractivity contribution in [1.82, 2.24) is 0 Å². The lowest BCUT2D eigenvalue weighted by molar-refractivity contribution is -0.161. The molecule has 0 saturated heterocycles. The van der Waals surface area contributed by atoms with Gasteiger partial charge < -0.3 is 34.2 Å². The molecule has 0 aromatic carbocycles. The minimum absolute atomic E-state index is 0.101. The fourth-order valence-electron chi connectivity index (χ4n) is 13.9. The van der Waals surface area contributed by atoms with Gasteiger partial charge in [-0.1, -0.05) is 417 Å². The van der Waals surface area contributed by atoms with Crippen LogP contribution >= 0.6 is 15.6 Å². The highest BCUT2D eigenvalue weighted by Crippen LogP contribution is 2.45. The molecule has 16 nitrogen and oxygen atoms in total. The second-order valence-corrected chi connectivity index (χ2v) is 36.5. The Labute approximate surface area is 753 Å². The van der Waals surface area contributed by atoms with Crippen LogP contribution in [-0.2, 0) is 55.8 Å². The molecule has 710 valence electrons. The highest BCUT2D eigenvalue weighted by Gasteiger charge is 2.30. The summed E-state index contributed by atoms with van der Waals surface area (Å²) in [7, 11) is -9.81. The largest absolute Gasteiger partial charge is 0.472 e. The number of rotatable bonds is 95. The number of phosphoric ester groups is 2. The molecule has 0 spiro atoms. The van der Waals surface area contributed by atoms with Gasteiger partial charge in [0.05, 0.1) is 26.4 Å². The lowest BCUT2D eigenvalue weighted by Gasteiger charge is -2.21. The van der Waals surface area contributed by atoms with Gasteiger partial charge in [0.15, 0.2) is 6.10 Å². The number of ether oxygens (including phenoxy) is 3. The quantitative estimate of drug-likeness (QED) is 0.0146. The zero-order valence-corrected chi connectivity index (χ0v) is 80.4. The molecular weight excluding hydrogens is 1580 g/mol. The molecule has 0 aliphatic carbocycles. The Bertz CT molecular complexity index is 2820. The van der Waals surface area contributed by atoms with Crippen molar-refractivity contribution in [2.24, 2.45) is 0 Å².